The van der Waals surface area contributed by atoms with E-state index in [-0.39, 0.29) is 12.2 Å². The number of carboxylic acid groups (broad SMARTS) is 1. The standard InChI is InChI=1S/C18H13I2NO3/c19-10-5-6-12(15(20)7-10)17(22)8-13(18(23)24)14-9-21-16-4-2-1-3-11(14)16/h1-7,9,13,21H,8H2,(H,23,24). The van der Waals surface area contributed by atoms with E-state index in [9.17, 15) is 14.7 Å². The van der Waals surface area contributed by atoms with Gasteiger partial charge in [-0.25, -0.2) is 0 Å². The van der Waals surface area contributed by atoms with Gasteiger partial charge in [0.15, 0.2) is 5.78 Å². The third-order valence-electron chi connectivity index (χ3n) is 3.92. The molecule has 3 aromatic rings. The second-order valence-electron chi connectivity index (χ2n) is 5.43. The first-order chi connectivity index (χ1) is 11.5. The molecule has 6 heteroatoms. The van der Waals surface area contributed by atoms with Crippen LogP contribution in [0.5, 0.6) is 0 Å². The van der Waals surface area contributed by atoms with Crippen molar-refractivity contribution in [2.45, 2.75) is 12.3 Å². The molecule has 1 aromatic heterocycles. The number of nitrogens with one attached hydrogen (secondary N) is 1. The number of fused-ring (bicyclic) bond motifs is 1. The SMILES string of the molecule is O=C(CC(C(=O)O)c1c[nH]c2ccccc12)c1ccc(I)cc1I. The van der Waals surface area contributed by atoms with Gasteiger partial charge in [-0.05, 0) is 75.0 Å². The lowest BCUT2D eigenvalue weighted by molar-refractivity contribution is -0.138. The minimum atomic E-state index is -0.992. The van der Waals surface area contributed by atoms with Gasteiger partial charge in [-0.2, -0.15) is 0 Å². The van der Waals surface area contributed by atoms with Crippen molar-refractivity contribution in [1.82, 2.24) is 4.98 Å². The maximum atomic E-state index is 12.6. The summed E-state index contributed by atoms with van der Waals surface area (Å²) in [5.41, 5.74) is 2.09. The molecule has 122 valence electrons. The van der Waals surface area contributed by atoms with E-state index in [1.165, 1.54) is 0 Å². The predicted molar refractivity (Wildman–Crippen MR) is 109 cm³/mol. The molecule has 2 N–H and O–H groups in total. The molecular weight excluding hydrogens is 532 g/mol. The van der Waals surface area contributed by atoms with Crippen LogP contribution in [0.3, 0.4) is 0 Å². The molecule has 0 spiro atoms. The van der Waals surface area contributed by atoms with E-state index < -0.39 is 11.9 Å². The number of aliphatic carboxylic acids is 1. The van der Waals surface area contributed by atoms with E-state index in [1.807, 2.05) is 36.4 Å². The number of rotatable bonds is 5. The molecule has 1 atom stereocenters. The predicted octanol–water partition coefficient (Wildman–Crippen LogP) is 4.82. The van der Waals surface area contributed by atoms with Crippen LogP contribution in [-0.2, 0) is 4.79 Å². The molecule has 2 aromatic carbocycles. The second kappa shape index (κ2) is 7.22. The summed E-state index contributed by atoms with van der Waals surface area (Å²) in [5, 5.41) is 10.5. The Morgan fingerprint density at radius 2 is 1.88 bits per heavy atom. The van der Waals surface area contributed by atoms with Gasteiger partial charge in [0, 0.05) is 36.2 Å². The van der Waals surface area contributed by atoms with Gasteiger partial charge in [0.1, 0.15) is 0 Å². The van der Waals surface area contributed by atoms with Crippen LogP contribution in [0.1, 0.15) is 28.3 Å². The topological polar surface area (TPSA) is 70.2 Å². The Labute approximate surface area is 165 Å². The van der Waals surface area contributed by atoms with Gasteiger partial charge in [0.05, 0.1) is 5.92 Å². The molecule has 0 saturated carbocycles. The summed E-state index contributed by atoms with van der Waals surface area (Å²) >= 11 is 4.30. The number of carbonyl (C=O) groups is 2. The fourth-order valence-corrected chi connectivity index (χ4v) is 4.63. The highest BCUT2D eigenvalue weighted by atomic mass is 127. The lowest BCUT2D eigenvalue weighted by Crippen LogP contribution is -2.16. The van der Waals surface area contributed by atoms with Crippen LogP contribution in [0.4, 0.5) is 0 Å². The number of para-hydroxylation sites is 1. The molecule has 1 heterocycles. The molecule has 1 unspecified atom stereocenters. The number of aromatic amines is 1. The highest BCUT2D eigenvalue weighted by molar-refractivity contribution is 14.1. The molecule has 0 bridgehead atoms. The number of hydrogen-bond donors (Lipinski definition) is 2. The Morgan fingerprint density at radius 3 is 2.58 bits per heavy atom. The van der Waals surface area contributed by atoms with Crippen LogP contribution in [0.2, 0.25) is 0 Å². The number of ketones is 1. The van der Waals surface area contributed by atoms with Gasteiger partial charge < -0.3 is 10.1 Å². The summed E-state index contributed by atoms with van der Waals surface area (Å²) in [7, 11) is 0. The molecule has 0 amide bonds. The zero-order valence-electron chi connectivity index (χ0n) is 12.4. The van der Waals surface area contributed by atoms with Crippen molar-refractivity contribution in [2.75, 3.05) is 0 Å². The molecule has 3 rings (SSSR count). The van der Waals surface area contributed by atoms with Crippen LogP contribution < -0.4 is 0 Å². The summed E-state index contributed by atoms with van der Waals surface area (Å²) in [6.45, 7) is 0. The minimum absolute atomic E-state index is 0.0617. The van der Waals surface area contributed by atoms with Crippen molar-refractivity contribution in [1.29, 1.82) is 0 Å². The van der Waals surface area contributed by atoms with Crippen LogP contribution >= 0.6 is 45.2 Å². The van der Waals surface area contributed by atoms with Gasteiger partial charge in [-0.3, -0.25) is 9.59 Å². The Hall–Kier alpha value is -1.42. The van der Waals surface area contributed by atoms with Crippen molar-refractivity contribution in [3.8, 4) is 0 Å². The maximum absolute atomic E-state index is 12.6. The highest BCUT2D eigenvalue weighted by Gasteiger charge is 2.27. The summed E-state index contributed by atoms with van der Waals surface area (Å²) in [6, 6.07) is 13.0. The number of halogens is 2. The zero-order chi connectivity index (χ0) is 17.3. The molecule has 0 fully saturated rings. The second-order valence-corrected chi connectivity index (χ2v) is 7.84. The number of carboxylic acids is 1. The first kappa shape index (κ1) is 17.4. The summed E-state index contributed by atoms with van der Waals surface area (Å²) < 4.78 is 1.88. The van der Waals surface area contributed by atoms with Gasteiger partial charge in [0.25, 0.3) is 0 Å². The molecular formula is C18H13I2NO3. The molecule has 0 aliphatic heterocycles. The third kappa shape index (κ3) is 3.49. The van der Waals surface area contributed by atoms with Gasteiger partial charge in [0.2, 0.25) is 0 Å². The van der Waals surface area contributed by atoms with E-state index in [0.717, 1.165) is 18.0 Å². The van der Waals surface area contributed by atoms with Crippen molar-refractivity contribution in [3.05, 3.63) is 66.9 Å². The number of hydrogen-bond acceptors (Lipinski definition) is 2. The number of Topliss-reactive ketones (excluding diaryl/α,β-unsaturated/α-hetero) is 1. The smallest absolute Gasteiger partial charge is 0.311 e. The Morgan fingerprint density at radius 1 is 1.12 bits per heavy atom. The lowest BCUT2D eigenvalue weighted by Gasteiger charge is -2.12. The molecule has 0 saturated heterocycles. The van der Waals surface area contributed by atoms with Crippen LogP contribution in [0.15, 0.2) is 48.7 Å². The summed E-state index contributed by atoms with van der Waals surface area (Å²) in [5.74, 6) is -2.02. The van der Waals surface area contributed by atoms with Crippen molar-refractivity contribution < 1.29 is 14.7 Å². The van der Waals surface area contributed by atoms with Gasteiger partial charge in [-0.15, -0.1) is 0 Å². The van der Waals surface area contributed by atoms with Gasteiger partial charge >= 0.3 is 5.97 Å². The van der Waals surface area contributed by atoms with E-state index in [1.54, 1.807) is 12.3 Å². The van der Waals surface area contributed by atoms with E-state index >= 15 is 0 Å². The average Bonchev–Trinajstić information content (AvgIpc) is 2.96. The van der Waals surface area contributed by atoms with Gasteiger partial charge in [-0.1, -0.05) is 18.2 Å². The molecule has 0 aliphatic rings. The normalized spacial score (nSPS) is 12.2. The maximum Gasteiger partial charge on any atom is 0.311 e. The highest BCUT2D eigenvalue weighted by Crippen LogP contribution is 2.30. The van der Waals surface area contributed by atoms with Crippen molar-refractivity contribution in [3.63, 3.8) is 0 Å². The van der Waals surface area contributed by atoms with Crippen LogP contribution in [0, 0.1) is 7.14 Å². The summed E-state index contributed by atoms with van der Waals surface area (Å²) in [6.07, 6.45) is 1.63. The van der Waals surface area contributed by atoms with Crippen molar-refractivity contribution >= 4 is 67.8 Å². The quantitative estimate of drug-likeness (QED) is 0.357. The minimum Gasteiger partial charge on any atom is -0.481 e. The number of benzene rings is 2. The molecule has 0 aliphatic carbocycles. The lowest BCUT2D eigenvalue weighted by atomic mass is 9.91. The Balaban J connectivity index is 1.95. The fourth-order valence-electron chi connectivity index (χ4n) is 2.72. The number of H-pyrrole nitrogens is 1. The Kier molecular flexibility index (Phi) is 5.24. The monoisotopic (exact) mass is 545 g/mol. The average molecular weight is 545 g/mol. The van der Waals surface area contributed by atoms with E-state index in [4.69, 9.17) is 0 Å². The van der Waals surface area contributed by atoms with Crippen LogP contribution in [0.25, 0.3) is 10.9 Å². The molecule has 0 radical (unpaired) electrons. The molecule has 24 heavy (non-hydrogen) atoms. The largest absolute Gasteiger partial charge is 0.481 e. The summed E-state index contributed by atoms with van der Waals surface area (Å²) in [4.78, 5) is 27.5. The number of carbonyl (C=O) groups excluding carboxylic acids is 1. The first-order valence-electron chi connectivity index (χ1n) is 7.24. The fraction of sp³-hybridized carbons (Fsp3) is 0.111. The van der Waals surface area contributed by atoms with Crippen LogP contribution in [-0.4, -0.2) is 21.8 Å². The van der Waals surface area contributed by atoms with Crippen molar-refractivity contribution in [2.24, 2.45) is 0 Å². The first-order valence-corrected chi connectivity index (χ1v) is 9.40. The molecule has 4 nitrogen and oxygen atoms in total. The zero-order valence-corrected chi connectivity index (χ0v) is 16.7. The van der Waals surface area contributed by atoms with E-state index in [2.05, 4.69) is 50.2 Å². The third-order valence-corrected chi connectivity index (χ3v) is 5.48. The van der Waals surface area contributed by atoms with E-state index in [0.29, 0.717) is 11.1 Å². The number of aromatic nitrogens is 1. The Bertz CT molecular complexity index is 933.